The van der Waals surface area contributed by atoms with Crippen LogP contribution in [0.5, 0.6) is 0 Å². The third-order valence-electron chi connectivity index (χ3n) is 2.80. The summed E-state index contributed by atoms with van der Waals surface area (Å²) >= 11 is 4.91. The highest BCUT2D eigenvalue weighted by molar-refractivity contribution is 9.10. The molecule has 0 amide bonds. The first-order valence-corrected chi connectivity index (χ1v) is 7.45. The van der Waals surface area contributed by atoms with Crippen molar-refractivity contribution in [2.45, 2.75) is 0 Å². The highest BCUT2D eigenvalue weighted by Gasteiger charge is 2.12. The number of aliphatic carboxylic acids is 1. The number of thiazole rings is 1. The fraction of sp³-hybridized carbons (Fsp3) is 0. The molecule has 3 aromatic rings. The molecular weight excluding hydrogens is 340 g/mol. The number of aromatic nitrogens is 2. The largest absolute Gasteiger partial charge is 0.478 e. The van der Waals surface area contributed by atoms with E-state index in [1.165, 1.54) is 11.3 Å². The molecule has 2 heterocycles. The third kappa shape index (κ3) is 2.39. The minimum absolute atomic E-state index is 0.769. The maximum atomic E-state index is 10.7. The molecule has 0 fully saturated rings. The van der Waals surface area contributed by atoms with Gasteiger partial charge in [-0.2, -0.15) is 0 Å². The van der Waals surface area contributed by atoms with Crippen molar-refractivity contribution < 1.29 is 9.90 Å². The number of benzene rings is 1. The third-order valence-corrected chi connectivity index (χ3v) is 4.09. The molecule has 2 aromatic heterocycles. The summed E-state index contributed by atoms with van der Waals surface area (Å²) in [5, 5.41) is 10.7. The van der Waals surface area contributed by atoms with Crippen molar-refractivity contribution in [1.29, 1.82) is 0 Å². The van der Waals surface area contributed by atoms with E-state index in [1.54, 1.807) is 6.08 Å². The standard InChI is InChI=1S/C14H9BrN2O2S/c15-10-3-1-9(2-4-10)13-11(5-6-12(18)19)17-7-8-20-14(17)16-13/h1-8H,(H,18,19)/b6-5+. The van der Waals surface area contributed by atoms with E-state index in [0.717, 1.165) is 32.5 Å². The lowest BCUT2D eigenvalue weighted by atomic mass is 10.1. The number of halogens is 1. The van der Waals surface area contributed by atoms with Gasteiger partial charge in [0.2, 0.25) is 0 Å². The van der Waals surface area contributed by atoms with Crippen LogP contribution in [0.2, 0.25) is 0 Å². The van der Waals surface area contributed by atoms with Gasteiger partial charge in [-0.3, -0.25) is 4.40 Å². The van der Waals surface area contributed by atoms with E-state index < -0.39 is 5.97 Å². The van der Waals surface area contributed by atoms with Crippen LogP contribution < -0.4 is 0 Å². The highest BCUT2D eigenvalue weighted by Crippen LogP contribution is 2.28. The number of fused-ring (bicyclic) bond motifs is 1. The number of rotatable bonds is 3. The maximum Gasteiger partial charge on any atom is 0.328 e. The zero-order valence-electron chi connectivity index (χ0n) is 10.2. The van der Waals surface area contributed by atoms with Crippen molar-refractivity contribution in [2.75, 3.05) is 0 Å². The summed E-state index contributed by atoms with van der Waals surface area (Å²) in [5.74, 6) is -0.975. The Labute approximate surface area is 127 Å². The molecule has 0 aliphatic rings. The first kappa shape index (κ1) is 13.1. The molecule has 0 saturated carbocycles. The van der Waals surface area contributed by atoms with Gasteiger partial charge in [0.15, 0.2) is 4.96 Å². The van der Waals surface area contributed by atoms with Gasteiger partial charge in [-0.25, -0.2) is 9.78 Å². The summed E-state index contributed by atoms with van der Waals surface area (Å²) < 4.78 is 2.88. The second-order valence-corrected chi connectivity index (χ2v) is 5.87. The lowest BCUT2D eigenvalue weighted by molar-refractivity contribution is -0.131. The molecule has 100 valence electrons. The van der Waals surface area contributed by atoms with Crippen molar-refractivity contribution in [2.24, 2.45) is 0 Å². The quantitative estimate of drug-likeness (QED) is 0.729. The molecule has 20 heavy (non-hydrogen) atoms. The fourth-order valence-electron chi connectivity index (χ4n) is 1.93. The minimum Gasteiger partial charge on any atom is -0.478 e. The predicted molar refractivity (Wildman–Crippen MR) is 82.9 cm³/mol. The molecule has 0 radical (unpaired) electrons. The lowest BCUT2D eigenvalue weighted by Crippen LogP contribution is -1.89. The molecule has 0 atom stereocenters. The van der Waals surface area contributed by atoms with Crippen LogP contribution in [-0.2, 0) is 4.79 Å². The number of nitrogens with zero attached hydrogens (tertiary/aromatic N) is 2. The summed E-state index contributed by atoms with van der Waals surface area (Å²) in [7, 11) is 0. The summed E-state index contributed by atoms with van der Waals surface area (Å²) in [6.07, 6.45) is 4.59. The van der Waals surface area contributed by atoms with Gasteiger partial charge >= 0.3 is 5.97 Å². The van der Waals surface area contributed by atoms with Crippen LogP contribution in [-0.4, -0.2) is 20.5 Å². The van der Waals surface area contributed by atoms with Crippen molar-refractivity contribution in [3.63, 3.8) is 0 Å². The van der Waals surface area contributed by atoms with E-state index in [2.05, 4.69) is 20.9 Å². The average molecular weight is 349 g/mol. The number of carboxylic acids is 1. The molecule has 0 spiro atoms. The Morgan fingerprint density at radius 1 is 1.35 bits per heavy atom. The van der Waals surface area contributed by atoms with Gasteiger partial charge in [0.05, 0.1) is 11.4 Å². The van der Waals surface area contributed by atoms with Gasteiger partial charge in [0, 0.05) is 27.7 Å². The van der Waals surface area contributed by atoms with Gasteiger partial charge in [-0.05, 0) is 18.2 Å². The molecule has 0 unspecified atom stereocenters. The molecule has 0 saturated heterocycles. The SMILES string of the molecule is O=C(O)/C=C/c1c(-c2ccc(Br)cc2)nc2sccn12. The smallest absolute Gasteiger partial charge is 0.328 e. The number of carboxylic acid groups (broad SMARTS) is 1. The van der Waals surface area contributed by atoms with Crippen molar-refractivity contribution in [3.8, 4) is 11.3 Å². The topological polar surface area (TPSA) is 54.6 Å². The molecule has 0 aliphatic heterocycles. The molecule has 3 rings (SSSR count). The second-order valence-electron chi connectivity index (χ2n) is 4.08. The Balaban J connectivity index is 2.18. The van der Waals surface area contributed by atoms with Crippen LogP contribution in [0.4, 0.5) is 0 Å². The van der Waals surface area contributed by atoms with E-state index in [-0.39, 0.29) is 0 Å². The van der Waals surface area contributed by atoms with E-state index in [4.69, 9.17) is 5.11 Å². The van der Waals surface area contributed by atoms with Crippen LogP contribution in [0, 0.1) is 0 Å². The summed E-state index contributed by atoms with van der Waals surface area (Å²) in [6, 6.07) is 7.78. The Bertz CT molecular complexity index is 802. The molecule has 1 N–H and O–H groups in total. The number of carbonyl (C=O) groups is 1. The Kier molecular flexibility index (Phi) is 3.42. The van der Waals surface area contributed by atoms with Crippen LogP contribution >= 0.6 is 27.3 Å². The van der Waals surface area contributed by atoms with Crippen LogP contribution in [0.1, 0.15) is 5.69 Å². The first-order valence-electron chi connectivity index (χ1n) is 5.77. The fourth-order valence-corrected chi connectivity index (χ4v) is 2.92. The lowest BCUT2D eigenvalue weighted by Gasteiger charge is -2.00. The maximum absolute atomic E-state index is 10.7. The summed E-state index contributed by atoms with van der Waals surface area (Å²) in [4.78, 5) is 16.2. The highest BCUT2D eigenvalue weighted by atomic mass is 79.9. The van der Waals surface area contributed by atoms with Gasteiger partial charge in [-0.15, -0.1) is 11.3 Å². The summed E-state index contributed by atoms with van der Waals surface area (Å²) in [6.45, 7) is 0. The molecule has 1 aromatic carbocycles. The van der Waals surface area contributed by atoms with E-state index >= 15 is 0 Å². The normalized spacial score (nSPS) is 11.4. The molecule has 0 bridgehead atoms. The number of hydrogen-bond donors (Lipinski definition) is 1. The van der Waals surface area contributed by atoms with E-state index in [9.17, 15) is 4.79 Å². The first-order chi connectivity index (χ1) is 9.65. The zero-order valence-corrected chi connectivity index (χ0v) is 12.6. The van der Waals surface area contributed by atoms with E-state index in [0.29, 0.717) is 0 Å². The molecular formula is C14H9BrN2O2S. The van der Waals surface area contributed by atoms with Crippen LogP contribution in [0.25, 0.3) is 22.3 Å². The average Bonchev–Trinajstić information content (AvgIpc) is 2.98. The Morgan fingerprint density at radius 3 is 2.80 bits per heavy atom. The van der Waals surface area contributed by atoms with Gasteiger partial charge in [-0.1, -0.05) is 28.1 Å². The summed E-state index contributed by atoms with van der Waals surface area (Å²) in [5.41, 5.74) is 2.50. The number of hydrogen-bond acceptors (Lipinski definition) is 3. The van der Waals surface area contributed by atoms with Gasteiger partial charge < -0.3 is 5.11 Å². The molecule has 4 nitrogen and oxygen atoms in total. The van der Waals surface area contributed by atoms with Crippen molar-refractivity contribution >= 4 is 44.3 Å². The van der Waals surface area contributed by atoms with Crippen molar-refractivity contribution in [3.05, 3.63) is 52.1 Å². The molecule has 0 aliphatic carbocycles. The Morgan fingerprint density at radius 2 is 2.10 bits per heavy atom. The van der Waals surface area contributed by atoms with Gasteiger partial charge in [0.25, 0.3) is 0 Å². The zero-order chi connectivity index (χ0) is 14.1. The predicted octanol–water partition coefficient (Wildman–Crippen LogP) is 3.92. The second kappa shape index (κ2) is 5.22. The minimum atomic E-state index is -0.975. The van der Waals surface area contributed by atoms with Gasteiger partial charge in [0.1, 0.15) is 0 Å². The van der Waals surface area contributed by atoms with E-state index in [1.807, 2.05) is 40.2 Å². The molecule has 6 heteroatoms. The van der Waals surface area contributed by atoms with Crippen molar-refractivity contribution in [1.82, 2.24) is 9.38 Å². The Hall–Kier alpha value is -1.92. The van der Waals surface area contributed by atoms with Crippen LogP contribution in [0.3, 0.4) is 0 Å². The monoisotopic (exact) mass is 348 g/mol. The van der Waals surface area contributed by atoms with Crippen LogP contribution in [0.15, 0.2) is 46.4 Å². The number of imidazole rings is 1.